The minimum atomic E-state index is -0.377. The zero-order valence-electron chi connectivity index (χ0n) is 10.0. The minimum Gasteiger partial charge on any atom is -0.462 e. The smallest absolute Gasteiger partial charge is 0.341 e. The average Bonchev–Trinajstić information content (AvgIpc) is 2.90. The highest BCUT2D eigenvalue weighted by molar-refractivity contribution is 5.94. The van der Waals surface area contributed by atoms with Crippen molar-refractivity contribution in [1.82, 2.24) is 15.0 Å². The van der Waals surface area contributed by atoms with Crippen LogP contribution in [0.3, 0.4) is 0 Å². The number of ether oxygens (including phenoxy) is 1. The summed E-state index contributed by atoms with van der Waals surface area (Å²) in [6.07, 6.45) is 4.93. The number of carbonyl (C=O) groups excluding carboxylic acids is 1. The second-order valence-electron chi connectivity index (χ2n) is 3.55. The molecule has 6 heteroatoms. The van der Waals surface area contributed by atoms with Gasteiger partial charge in [-0.1, -0.05) is 0 Å². The fourth-order valence-electron chi connectivity index (χ4n) is 1.48. The van der Waals surface area contributed by atoms with Gasteiger partial charge in [-0.05, 0) is 19.1 Å². The van der Waals surface area contributed by atoms with E-state index < -0.39 is 0 Å². The largest absolute Gasteiger partial charge is 0.462 e. The van der Waals surface area contributed by atoms with Crippen LogP contribution in [0.2, 0.25) is 0 Å². The van der Waals surface area contributed by atoms with Crippen molar-refractivity contribution in [1.29, 1.82) is 0 Å². The molecule has 18 heavy (non-hydrogen) atoms. The van der Waals surface area contributed by atoms with Crippen LogP contribution in [0.25, 0.3) is 0 Å². The van der Waals surface area contributed by atoms with Crippen LogP contribution in [0.5, 0.6) is 0 Å². The van der Waals surface area contributed by atoms with Gasteiger partial charge < -0.3 is 15.0 Å². The molecule has 2 heterocycles. The molecule has 0 saturated heterocycles. The molecule has 2 N–H and O–H groups in total. The Kier molecular flexibility index (Phi) is 3.90. The van der Waals surface area contributed by atoms with Crippen molar-refractivity contribution in [3.8, 4) is 0 Å². The molecule has 2 aromatic heterocycles. The number of hydrogen-bond acceptors (Lipinski definition) is 5. The van der Waals surface area contributed by atoms with Crippen LogP contribution in [0.4, 0.5) is 5.82 Å². The predicted molar refractivity (Wildman–Crippen MR) is 66.1 cm³/mol. The number of anilines is 1. The molecule has 0 aromatic carbocycles. The van der Waals surface area contributed by atoms with E-state index >= 15 is 0 Å². The average molecular weight is 246 g/mol. The number of aromatic nitrogens is 3. The van der Waals surface area contributed by atoms with Gasteiger partial charge in [-0.2, -0.15) is 0 Å². The van der Waals surface area contributed by atoms with Gasteiger partial charge in [0.2, 0.25) is 0 Å². The van der Waals surface area contributed by atoms with Crippen LogP contribution in [0.15, 0.2) is 30.9 Å². The molecular formula is C12H14N4O2. The number of esters is 1. The zero-order chi connectivity index (χ0) is 12.8. The summed E-state index contributed by atoms with van der Waals surface area (Å²) < 4.78 is 4.97. The Bertz CT molecular complexity index is 511. The van der Waals surface area contributed by atoms with E-state index in [9.17, 15) is 4.79 Å². The highest BCUT2D eigenvalue weighted by atomic mass is 16.5. The van der Waals surface area contributed by atoms with Crippen LogP contribution < -0.4 is 5.32 Å². The van der Waals surface area contributed by atoms with Crippen molar-refractivity contribution in [3.05, 3.63) is 42.1 Å². The van der Waals surface area contributed by atoms with E-state index in [2.05, 4.69) is 20.3 Å². The highest BCUT2D eigenvalue weighted by Gasteiger charge is 2.12. The molecule has 0 radical (unpaired) electrons. The third-order valence-electron chi connectivity index (χ3n) is 2.30. The first-order valence-corrected chi connectivity index (χ1v) is 5.64. The van der Waals surface area contributed by atoms with Crippen molar-refractivity contribution in [3.63, 3.8) is 0 Å². The van der Waals surface area contributed by atoms with Gasteiger partial charge in [0.25, 0.3) is 0 Å². The maximum absolute atomic E-state index is 11.7. The Labute approximate surface area is 104 Å². The lowest BCUT2D eigenvalue weighted by Crippen LogP contribution is -2.11. The Morgan fingerprint density at radius 1 is 1.56 bits per heavy atom. The van der Waals surface area contributed by atoms with Crippen molar-refractivity contribution < 1.29 is 9.53 Å². The van der Waals surface area contributed by atoms with E-state index in [1.807, 2.05) is 0 Å². The molecule has 0 amide bonds. The van der Waals surface area contributed by atoms with Crippen LogP contribution in [-0.2, 0) is 11.3 Å². The summed E-state index contributed by atoms with van der Waals surface area (Å²) >= 11 is 0. The van der Waals surface area contributed by atoms with E-state index in [1.54, 1.807) is 37.8 Å². The van der Waals surface area contributed by atoms with Crippen molar-refractivity contribution >= 4 is 11.8 Å². The van der Waals surface area contributed by atoms with Gasteiger partial charge in [0.15, 0.2) is 0 Å². The Hall–Kier alpha value is -2.37. The first-order chi connectivity index (χ1) is 8.81. The first-order valence-electron chi connectivity index (χ1n) is 5.64. The number of nitrogens with one attached hydrogen (secondary N) is 2. The van der Waals surface area contributed by atoms with E-state index in [1.165, 1.54) is 0 Å². The van der Waals surface area contributed by atoms with Crippen LogP contribution in [0, 0.1) is 0 Å². The molecule has 0 unspecified atom stereocenters. The quantitative estimate of drug-likeness (QED) is 0.783. The summed E-state index contributed by atoms with van der Waals surface area (Å²) in [6.45, 7) is 2.63. The normalized spacial score (nSPS) is 10.1. The third kappa shape index (κ3) is 2.85. The van der Waals surface area contributed by atoms with Gasteiger partial charge in [0.1, 0.15) is 11.4 Å². The fourth-order valence-corrected chi connectivity index (χ4v) is 1.48. The zero-order valence-corrected chi connectivity index (χ0v) is 10.0. The maximum atomic E-state index is 11.7. The molecule has 0 aliphatic heterocycles. The number of imidazole rings is 1. The summed E-state index contributed by atoms with van der Waals surface area (Å²) in [5.41, 5.74) is 1.34. The molecule has 94 valence electrons. The lowest BCUT2D eigenvalue weighted by atomic mass is 10.2. The number of hydrogen-bond donors (Lipinski definition) is 2. The van der Waals surface area contributed by atoms with Gasteiger partial charge in [-0.25, -0.2) is 14.8 Å². The molecule has 0 spiro atoms. The lowest BCUT2D eigenvalue weighted by Gasteiger charge is -2.09. The number of rotatable bonds is 5. The van der Waals surface area contributed by atoms with Gasteiger partial charge in [-0.15, -0.1) is 0 Å². The Morgan fingerprint density at radius 2 is 2.44 bits per heavy atom. The SMILES string of the molecule is CCOC(=O)c1cccnc1NCc1cnc[nH]1. The number of pyridine rings is 1. The second kappa shape index (κ2) is 5.81. The summed E-state index contributed by atoms with van der Waals surface area (Å²) in [5, 5.41) is 3.07. The molecule has 0 saturated carbocycles. The topological polar surface area (TPSA) is 79.9 Å². The van der Waals surface area contributed by atoms with E-state index in [0.29, 0.717) is 24.5 Å². The first kappa shape index (κ1) is 12.1. The number of H-pyrrole nitrogens is 1. The third-order valence-corrected chi connectivity index (χ3v) is 2.30. The van der Waals surface area contributed by atoms with Gasteiger partial charge in [0.05, 0.1) is 25.2 Å². The molecule has 0 aliphatic carbocycles. The molecule has 2 aromatic rings. The molecule has 0 aliphatic rings. The van der Waals surface area contributed by atoms with E-state index in [-0.39, 0.29) is 5.97 Å². The minimum absolute atomic E-state index is 0.341. The molecule has 0 bridgehead atoms. The lowest BCUT2D eigenvalue weighted by molar-refractivity contribution is 0.0527. The van der Waals surface area contributed by atoms with Crippen molar-refractivity contribution in [2.24, 2.45) is 0 Å². The Balaban J connectivity index is 2.09. The fraction of sp³-hybridized carbons (Fsp3) is 0.250. The van der Waals surface area contributed by atoms with Crippen LogP contribution in [-0.4, -0.2) is 27.5 Å². The molecular weight excluding hydrogens is 232 g/mol. The molecule has 0 atom stereocenters. The molecule has 0 fully saturated rings. The van der Waals surface area contributed by atoms with Crippen LogP contribution in [0.1, 0.15) is 23.0 Å². The molecule has 2 rings (SSSR count). The number of aromatic amines is 1. The van der Waals surface area contributed by atoms with Gasteiger partial charge >= 0.3 is 5.97 Å². The van der Waals surface area contributed by atoms with Gasteiger partial charge in [0, 0.05) is 12.4 Å². The monoisotopic (exact) mass is 246 g/mol. The highest BCUT2D eigenvalue weighted by Crippen LogP contribution is 2.13. The molecule has 6 nitrogen and oxygen atoms in total. The number of carbonyl (C=O) groups is 1. The van der Waals surface area contributed by atoms with Crippen molar-refractivity contribution in [2.75, 3.05) is 11.9 Å². The van der Waals surface area contributed by atoms with E-state index in [0.717, 1.165) is 5.69 Å². The van der Waals surface area contributed by atoms with Crippen LogP contribution >= 0.6 is 0 Å². The summed E-state index contributed by atoms with van der Waals surface area (Å²) in [4.78, 5) is 22.7. The standard InChI is InChI=1S/C12H14N4O2/c1-2-18-12(17)10-4-3-5-14-11(10)15-7-9-6-13-8-16-9/h3-6,8H,2,7H2,1H3,(H,13,16)(H,14,15). The Morgan fingerprint density at radius 3 is 3.17 bits per heavy atom. The maximum Gasteiger partial charge on any atom is 0.341 e. The predicted octanol–water partition coefficient (Wildman–Crippen LogP) is 1.59. The van der Waals surface area contributed by atoms with Crippen molar-refractivity contribution in [2.45, 2.75) is 13.5 Å². The summed E-state index contributed by atoms with van der Waals surface area (Å²) in [6, 6.07) is 3.38. The second-order valence-corrected chi connectivity index (χ2v) is 3.55. The summed E-state index contributed by atoms with van der Waals surface area (Å²) in [7, 11) is 0. The number of nitrogens with zero attached hydrogens (tertiary/aromatic N) is 2. The van der Waals surface area contributed by atoms with Gasteiger partial charge in [-0.3, -0.25) is 0 Å². The van der Waals surface area contributed by atoms with E-state index in [4.69, 9.17) is 4.74 Å². The summed E-state index contributed by atoms with van der Waals surface area (Å²) in [5.74, 6) is 0.128.